The topological polar surface area (TPSA) is 49.6 Å². The first-order valence-corrected chi connectivity index (χ1v) is 8.33. The van der Waals surface area contributed by atoms with Crippen molar-refractivity contribution in [1.29, 1.82) is 0 Å². The molecule has 2 aliphatic heterocycles. The predicted molar refractivity (Wildman–Crippen MR) is 96.9 cm³/mol. The summed E-state index contributed by atoms with van der Waals surface area (Å²) < 4.78 is 0. The number of likely N-dealkylation sites (tertiary alicyclic amines) is 2. The van der Waals surface area contributed by atoms with Gasteiger partial charge in [0.2, 0.25) is 5.91 Å². The first kappa shape index (κ1) is 22.0. The number of nitrogens with two attached hydrogens (primary N) is 1. The van der Waals surface area contributed by atoms with Crippen LogP contribution >= 0.6 is 24.8 Å². The Balaban J connectivity index is 0.00000220. The van der Waals surface area contributed by atoms with Crippen LogP contribution in [-0.4, -0.2) is 54.5 Å². The maximum absolute atomic E-state index is 12.3. The number of rotatable bonds is 5. The van der Waals surface area contributed by atoms with Crippen molar-refractivity contribution < 1.29 is 4.79 Å². The molecule has 1 unspecified atom stereocenters. The number of carbonyl (C=O) groups is 1. The number of amides is 1. The van der Waals surface area contributed by atoms with E-state index in [9.17, 15) is 4.79 Å². The Morgan fingerprint density at radius 3 is 2.36 bits per heavy atom. The van der Waals surface area contributed by atoms with Crippen molar-refractivity contribution in [3.8, 4) is 0 Å². The summed E-state index contributed by atoms with van der Waals surface area (Å²) in [4.78, 5) is 16.9. The first-order valence-electron chi connectivity index (χ1n) is 8.33. The molecule has 0 aromatic rings. The van der Waals surface area contributed by atoms with Gasteiger partial charge in [0.15, 0.2) is 0 Å². The van der Waals surface area contributed by atoms with E-state index >= 15 is 0 Å². The molecule has 2 aliphatic rings. The molecular weight excluding hydrogens is 321 g/mol. The van der Waals surface area contributed by atoms with E-state index in [2.05, 4.69) is 18.7 Å². The standard InChI is InChI=1S/C16H31N3O.2ClH/c1-13(2)10-15(17)16(20)19-9-6-14(12-19)11-18-7-4-3-5-8-18;;/h13-15H,3-12,17H2,1-2H3;2*1H/t14?,15-;;/m0../s1. The van der Waals surface area contributed by atoms with Gasteiger partial charge in [-0.3, -0.25) is 4.79 Å². The summed E-state index contributed by atoms with van der Waals surface area (Å²) in [5, 5.41) is 0. The maximum atomic E-state index is 12.3. The van der Waals surface area contributed by atoms with Crippen molar-refractivity contribution in [2.75, 3.05) is 32.7 Å². The van der Waals surface area contributed by atoms with E-state index in [0.717, 1.165) is 25.9 Å². The summed E-state index contributed by atoms with van der Waals surface area (Å²) in [6, 6.07) is -0.302. The number of halogens is 2. The summed E-state index contributed by atoms with van der Waals surface area (Å²) in [6.45, 7) is 9.73. The second-order valence-corrected chi connectivity index (χ2v) is 7.04. The quantitative estimate of drug-likeness (QED) is 0.825. The Bertz CT molecular complexity index is 323. The van der Waals surface area contributed by atoms with Gasteiger partial charge in [0.25, 0.3) is 0 Å². The summed E-state index contributed by atoms with van der Waals surface area (Å²) >= 11 is 0. The van der Waals surface area contributed by atoms with Gasteiger partial charge >= 0.3 is 0 Å². The molecule has 6 heteroatoms. The second kappa shape index (κ2) is 10.7. The Labute approximate surface area is 148 Å². The van der Waals surface area contributed by atoms with Crippen LogP contribution in [0.5, 0.6) is 0 Å². The van der Waals surface area contributed by atoms with Crippen LogP contribution in [0.1, 0.15) is 46.0 Å². The van der Waals surface area contributed by atoms with Crippen LogP contribution in [0.2, 0.25) is 0 Å². The lowest BCUT2D eigenvalue weighted by Crippen LogP contribution is -2.44. The van der Waals surface area contributed by atoms with E-state index in [0.29, 0.717) is 11.8 Å². The zero-order valence-corrected chi connectivity index (χ0v) is 15.6. The molecule has 0 aliphatic carbocycles. The number of piperidine rings is 1. The maximum Gasteiger partial charge on any atom is 0.239 e. The fraction of sp³-hybridized carbons (Fsp3) is 0.938. The lowest BCUT2D eigenvalue weighted by molar-refractivity contribution is -0.132. The minimum atomic E-state index is -0.302. The van der Waals surface area contributed by atoms with E-state index in [4.69, 9.17) is 5.73 Å². The molecule has 2 heterocycles. The largest absolute Gasteiger partial charge is 0.341 e. The highest BCUT2D eigenvalue weighted by atomic mass is 35.5. The van der Waals surface area contributed by atoms with E-state index in [1.807, 2.05) is 4.90 Å². The average Bonchev–Trinajstić information content (AvgIpc) is 2.86. The summed E-state index contributed by atoms with van der Waals surface area (Å²) in [5.74, 6) is 1.31. The number of hydrogen-bond acceptors (Lipinski definition) is 3. The molecule has 2 atom stereocenters. The molecule has 2 saturated heterocycles. The van der Waals surface area contributed by atoms with E-state index in [1.54, 1.807) is 0 Å². The second-order valence-electron chi connectivity index (χ2n) is 7.04. The molecule has 0 aromatic carbocycles. The molecule has 2 N–H and O–H groups in total. The van der Waals surface area contributed by atoms with Gasteiger partial charge in [-0.1, -0.05) is 20.3 Å². The molecule has 0 spiro atoms. The summed E-state index contributed by atoms with van der Waals surface area (Å²) in [6.07, 6.45) is 6.02. The number of carbonyl (C=O) groups excluding carboxylic acids is 1. The van der Waals surface area contributed by atoms with E-state index < -0.39 is 0 Å². The van der Waals surface area contributed by atoms with Gasteiger partial charge in [-0.05, 0) is 50.6 Å². The SMILES string of the molecule is CC(C)C[C@H](N)C(=O)N1CCC(CN2CCCCC2)C1.Cl.Cl. The molecule has 1 amide bonds. The number of hydrogen-bond donors (Lipinski definition) is 1. The molecule has 0 saturated carbocycles. The Morgan fingerprint density at radius 1 is 1.14 bits per heavy atom. The Morgan fingerprint density at radius 2 is 1.77 bits per heavy atom. The predicted octanol–water partition coefficient (Wildman–Crippen LogP) is 2.54. The molecule has 0 aromatic heterocycles. The molecular formula is C16H33Cl2N3O. The van der Waals surface area contributed by atoms with E-state index in [-0.39, 0.29) is 36.8 Å². The minimum Gasteiger partial charge on any atom is -0.341 e. The lowest BCUT2D eigenvalue weighted by Gasteiger charge is -2.29. The Kier molecular flexibility index (Phi) is 10.7. The molecule has 2 fully saturated rings. The van der Waals surface area contributed by atoms with Crippen molar-refractivity contribution >= 4 is 30.7 Å². The molecule has 4 nitrogen and oxygen atoms in total. The third-order valence-corrected chi connectivity index (χ3v) is 4.61. The van der Waals surface area contributed by atoms with Crippen molar-refractivity contribution in [1.82, 2.24) is 9.80 Å². The van der Waals surface area contributed by atoms with Gasteiger partial charge in [-0.2, -0.15) is 0 Å². The van der Waals surface area contributed by atoms with Gasteiger partial charge < -0.3 is 15.5 Å². The fourth-order valence-corrected chi connectivity index (χ4v) is 3.53. The zero-order valence-electron chi connectivity index (χ0n) is 14.0. The average molecular weight is 354 g/mol. The molecule has 0 radical (unpaired) electrons. The zero-order chi connectivity index (χ0) is 14.5. The van der Waals surface area contributed by atoms with Crippen molar-refractivity contribution in [2.24, 2.45) is 17.6 Å². The van der Waals surface area contributed by atoms with Crippen LogP contribution in [0.4, 0.5) is 0 Å². The van der Waals surface area contributed by atoms with Gasteiger partial charge in [0.05, 0.1) is 6.04 Å². The third-order valence-electron chi connectivity index (χ3n) is 4.61. The summed E-state index contributed by atoms with van der Waals surface area (Å²) in [5.41, 5.74) is 6.03. The smallest absolute Gasteiger partial charge is 0.239 e. The first-order chi connectivity index (χ1) is 9.56. The molecule has 0 bridgehead atoms. The van der Waals surface area contributed by atoms with Crippen LogP contribution in [0.15, 0.2) is 0 Å². The highest BCUT2D eigenvalue weighted by Crippen LogP contribution is 2.21. The highest BCUT2D eigenvalue weighted by Gasteiger charge is 2.30. The molecule has 132 valence electrons. The Hall–Kier alpha value is -0.0300. The van der Waals surface area contributed by atoms with Crippen molar-refractivity contribution in [3.63, 3.8) is 0 Å². The van der Waals surface area contributed by atoms with Crippen LogP contribution in [-0.2, 0) is 4.79 Å². The van der Waals surface area contributed by atoms with Crippen molar-refractivity contribution in [3.05, 3.63) is 0 Å². The van der Waals surface area contributed by atoms with Crippen LogP contribution < -0.4 is 5.73 Å². The number of nitrogens with zero attached hydrogens (tertiary/aromatic N) is 2. The van der Waals surface area contributed by atoms with Gasteiger partial charge in [-0.15, -0.1) is 24.8 Å². The lowest BCUT2D eigenvalue weighted by atomic mass is 10.0. The van der Waals surface area contributed by atoms with Gasteiger partial charge in [0.1, 0.15) is 0 Å². The normalized spacial score (nSPS) is 23.8. The van der Waals surface area contributed by atoms with Crippen LogP contribution in [0.25, 0.3) is 0 Å². The van der Waals surface area contributed by atoms with Crippen LogP contribution in [0, 0.1) is 11.8 Å². The highest BCUT2D eigenvalue weighted by molar-refractivity contribution is 5.85. The van der Waals surface area contributed by atoms with Crippen LogP contribution in [0.3, 0.4) is 0 Å². The van der Waals surface area contributed by atoms with Crippen molar-refractivity contribution in [2.45, 2.75) is 52.0 Å². The van der Waals surface area contributed by atoms with Gasteiger partial charge in [-0.25, -0.2) is 0 Å². The fourth-order valence-electron chi connectivity index (χ4n) is 3.53. The third kappa shape index (κ3) is 6.61. The van der Waals surface area contributed by atoms with E-state index in [1.165, 1.54) is 38.9 Å². The molecule has 22 heavy (non-hydrogen) atoms. The van der Waals surface area contributed by atoms with Gasteiger partial charge in [0, 0.05) is 19.6 Å². The monoisotopic (exact) mass is 353 g/mol. The minimum absolute atomic E-state index is 0. The molecule has 2 rings (SSSR count). The summed E-state index contributed by atoms with van der Waals surface area (Å²) in [7, 11) is 0.